The first kappa shape index (κ1) is 24.9. The van der Waals surface area contributed by atoms with Gasteiger partial charge in [0.1, 0.15) is 6.04 Å². The van der Waals surface area contributed by atoms with Gasteiger partial charge in [0.05, 0.1) is 11.0 Å². The summed E-state index contributed by atoms with van der Waals surface area (Å²) in [6.07, 6.45) is 4.99. The normalized spacial score (nSPS) is 24.5. The molecule has 0 spiro atoms. The summed E-state index contributed by atoms with van der Waals surface area (Å²) in [6.45, 7) is 12.3. The Morgan fingerprint density at radius 1 is 1.06 bits per heavy atom. The van der Waals surface area contributed by atoms with E-state index >= 15 is 0 Å². The SMILES string of the molecule is Cn1c(=O)n(C2CCC(=O)NC2=O)c2cccc(C3CCC(CO[Si](C)(C)C(C)(C)C)CC3)c21. The van der Waals surface area contributed by atoms with E-state index < -0.39 is 20.3 Å². The molecule has 186 valence electrons. The van der Waals surface area contributed by atoms with Crippen molar-refractivity contribution in [1.29, 1.82) is 0 Å². The zero-order chi connectivity index (χ0) is 24.8. The lowest BCUT2D eigenvalue weighted by atomic mass is 9.78. The molecule has 8 heteroatoms. The number of aryl methyl sites for hydroxylation is 1. The Hall–Kier alpha value is -2.19. The summed E-state index contributed by atoms with van der Waals surface area (Å²) in [5, 5.41) is 2.61. The molecule has 1 N–H and O–H groups in total. The van der Waals surface area contributed by atoms with Gasteiger partial charge in [-0.05, 0) is 73.7 Å². The van der Waals surface area contributed by atoms with Crippen molar-refractivity contribution in [2.24, 2.45) is 13.0 Å². The molecule has 4 rings (SSSR count). The van der Waals surface area contributed by atoms with Gasteiger partial charge in [0.25, 0.3) is 0 Å². The van der Waals surface area contributed by atoms with Crippen molar-refractivity contribution in [3.63, 3.8) is 0 Å². The topological polar surface area (TPSA) is 82.3 Å². The number of nitrogens with one attached hydrogen (secondary N) is 1. The van der Waals surface area contributed by atoms with Crippen LogP contribution in [0.15, 0.2) is 23.0 Å². The molecular formula is C26H39N3O4Si. The number of hydrogen-bond acceptors (Lipinski definition) is 4. The second-order valence-corrected chi connectivity index (χ2v) is 16.5. The van der Waals surface area contributed by atoms with Gasteiger partial charge in [-0.3, -0.25) is 24.0 Å². The van der Waals surface area contributed by atoms with Crippen LogP contribution in [-0.4, -0.2) is 35.9 Å². The molecule has 2 aliphatic rings. The second-order valence-electron chi connectivity index (χ2n) is 11.7. The van der Waals surface area contributed by atoms with E-state index in [0.29, 0.717) is 18.3 Å². The van der Waals surface area contributed by atoms with Gasteiger partial charge in [0.15, 0.2) is 8.32 Å². The van der Waals surface area contributed by atoms with Crippen LogP contribution in [0.4, 0.5) is 0 Å². The maximum absolute atomic E-state index is 13.2. The van der Waals surface area contributed by atoms with Crippen LogP contribution in [0, 0.1) is 5.92 Å². The highest BCUT2D eigenvalue weighted by atomic mass is 28.4. The maximum Gasteiger partial charge on any atom is 0.329 e. The Morgan fingerprint density at radius 3 is 2.35 bits per heavy atom. The molecular weight excluding hydrogens is 446 g/mol. The number of imide groups is 1. The lowest BCUT2D eigenvalue weighted by Gasteiger charge is -2.38. The van der Waals surface area contributed by atoms with Crippen molar-refractivity contribution >= 4 is 31.2 Å². The Kier molecular flexibility index (Phi) is 6.68. The van der Waals surface area contributed by atoms with E-state index in [9.17, 15) is 14.4 Å². The van der Waals surface area contributed by atoms with Crippen LogP contribution in [0.2, 0.25) is 18.1 Å². The molecule has 1 saturated heterocycles. The highest BCUT2D eigenvalue weighted by Crippen LogP contribution is 2.41. The molecule has 2 heterocycles. The minimum absolute atomic E-state index is 0.201. The quantitative estimate of drug-likeness (QED) is 0.495. The molecule has 1 aromatic heterocycles. The molecule has 1 saturated carbocycles. The summed E-state index contributed by atoms with van der Waals surface area (Å²) in [5.74, 6) is 0.306. The van der Waals surface area contributed by atoms with Crippen molar-refractivity contribution in [2.45, 2.75) is 89.4 Å². The van der Waals surface area contributed by atoms with Crippen molar-refractivity contribution in [3.8, 4) is 0 Å². The number of rotatable bonds is 5. The summed E-state index contributed by atoms with van der Waals surface area (Å²) >= 11 is 0. The van der Waals surface area contributed by atoms with Gasteiger partial charge in [0, 0.05) is 20.1 Å². The highest BCUT2D eigenvalue weighted by molar-refractivity contribution is 6.74. The zero-order valence-corrected chi connectivity index (χ0v) is 22.4. The van der Waals surface area contributed by atoms with Gasteiger partial charge >= 0.3 is 5.69 Å². The molecule has 2 fully saturated rings. The van der Waals surface area contributed by atoms with Crippen molar-refractivity contribution in [3.05, 3.63) is 34.2 Å². The molecule has 0 radical (unpaired) electrons. The Balaban J connectivity index is 1.54. The fourth-order valence-corrected chi connectivity index (χ4v) is 6.30. The molecule has 34 heavy (non-hydrogen) atoms. The molecule has 1 aliphatic heterocycles. The number of amides is 2. The number of piperidine rings is 1. The van der Waals surface area contributed by atoms with Crippen LogP contribution >= 0.6 is 0 Å². The lowest BCUT2D eigenvalue weighted by molar-refractivity contribution is -0.135. The predicted molar refractivity (Wildman–Crippen MR) is 136 cm³/mol. The van der Waals surface area contributed by atoms with E-state index in [4.69, 9.17) is 4.43 Å². The fraction of sp³-hybridized carbons (Fsp3) is 0.654. The Morgan fingerprint density at radius 2 is 1.74 bits per heavy atom. The van der Waals surface area contributed by atoms with E-state index in [-0.39, 0.29) is 23.1 Å². The monoisotopic (exact) mass is 485 g/mol. The maximum atomic E-state index is 13.2. The minimum atomic E-state index is -1.74. The first-order valence-electron chi connectivity index (χ1n) is 12.6. The number of hydrogen-bond donors (Lipinski definition) is 1. The van der Waals surface area contributed by atoms with E-state index in [0.717, 1.165) is 43.3 Å². The summed E-state index contributed by atoms with van der Waals surface area (Å²) in [4.78, 5) is 37.3. The number of para-hydroxylation sites is 1. The van der Waals surface area contributed by atoms with Crippen LogP contribution in [0.25, 0.3) is 11.0 Å². The second kappa shape index (κ2) is 9.11. The number of aromatic nitrogens is 2. The third-order valence-corrected chi connectivity index (χ3v) is 12.9. The molecule has 0 bridgehead atoms. The number of benzene rings is 1. The smallest absolute Gasteiger partial charge is 0.329 e. The third-order valence-electron chi connectivity index (χ3n) is 8.43. The average Bonchev–Trinajstić information content (AvgIpc) is 3.02. The van der Waals surface area contributed by atoms with Crippen LogP contribution in [0.1, 0.15) is 76.8 Å². The van der Waals surface area contributed by atoms with Gasteiger partial charge in [-0.1, -0.05) is 32.9 Å². The predicted octanol–water partition coefficient (Wildman–Crippen LogP) is 4.61. The number of carbonyl (C=O) groups excluding carboxylic acids is 2. The van der Waals surface area contributed by atoms with E-state index in [1.807, 2.05) is 12.1 Å². The van der Waals surface area contributed by atoms with Crippen molar-refractivity contribution < 1.29 is 14.0 Å². The van der Waals surface area contributed by atoms with Crippen molar-refractivity contribution in [2.75, 3.05) is 6.61 Å². The zero-order valence-electron chi connectivity index (χ0n) is 21.4. The van der Waals surface area contributed by atoms with Gasteiger partial charge in [-0.2, -0.15) is 0 Å². The van der Waals surface area contributed by atoms with Gasteiger partial charge in [0.2, 0.25) is 11.8 Å². The minimum Gasteiger partial charge on any atom is -0.417 e. The summed E-state index contributed by atoms with van der Waals surface area (Å²) in [5.41, 5.74) is 2.68. The molecule has 1 atom stereocenters. The molecule has 2 aromatic rings. The first-order valence-corrected chi connectivity index (χ1v) is 15.5. The van der Waals surface area contributed by atoms with Gasteiger partial charge in [-0.15, -0.1) is 0 Å². The third kappa shape index (κ3) is 4.54. The van der Waals surface area contributed by atoms with Crippen molar-refractivity contribution in [1.82, 2.24) is 14.5 Å². The number of nitrogens with zero attached hydrogens (tertiary/aromatic N) is 2. The van der Waals surface area contributed by atoms with Crippen LogP contribution < -0.4 is 11.0 Å². The summed E-state index contributed by atoms with van der Waals surface area (Å²) < 4.78 is 9.76. The number of carbonyl (C=O) groups is 2. The fourth-order valence-electron chi connectivity index (χ4n) is 5.21. The van der Waals surface area contributed by atoms with Crippen LogP contribution in [-0.2, 0) is 21.1 Å². The van der Waals surface area contributed by atoms with E-state index in [1.165, 1.54) is 5.56 Å². The highest BCUT2D eigenvalue weighted by Gasteiger charge is 2.38. The standard InChI is InChI=1S/C26H39N3O4Si/c1-26(2,3)34(5,6)33-16-17-10-12-18(13-11-17)19-8-7-9-20-23(19)28(4)25(32)29(20)21-14-15-22(30)27-24(21)31/h7-9,17-18,21H,10-16H2,1-6H3,(H,27,30,31). The Labute approximate surface area is 203 Å². The van der Waals surface area contributed by atoms with Crippen LogP contribution in [0.5, 0.6) is 0 Å². The molecule has 1 unspecified atom stereocenters. The number of imidazole rings is 1. The molecule has 1 aliphatic carbocycles. The lowest BCUT2D eigenvalue weighted by Crippen LogP contribution is -2.44. The molecule has 1 aromatic carbocycles. The van der Waals surface area contributed by atoms with E-state index in [2.05, 4.69) is 45.2 Å². The first-order chi connectivity index (χ1) is 15.9. The summed E-state index contributed by atoms with van der Waals surface area (Å²) in [6, 6.07) is 5.40. The van der Waals surface area contributed by atoms with E-state index in [1.54, 1.807) is 16.2 Å². The Bertz CT molecular complexity index is 1150. The van der Waals surface area contributed by atoms with Crippen LogP contribution in [0.3, 0.4) is 0 Å². The average molecular weight is 486 g/mol. The molecule has 2 amide bonds. The summed E-state index contributed by atoms with van der Waals surface area (Å²) in [7, 11) is 0.0487. The van der Waals surface area contributed by atoms with Gasteiger partial charge < -0.3 is 4.43 Å². The van der Waals surface area contributed by atoms with Gasteiger partial charge in [-0.25, -0.2) is 4.79 Å². The molecule has 7 nitrogen and oxygen atoms in total. The number of fused-ring (bicyclic) bond motifs is 1. The largest absolute Gasteiger partial charge is 0.417 e.